The number of ether oxygens (including phenoxy) is 3. The highest BCUT2D eigenvalue weighted by Gasteiger charge is 2.54. The lowest BCUT2D eigenvalue weighted by atomic mass is 10.0. The molecule has 3 atom stereocenters. The number of nitrogens with two attached hydrogens (primary N) is 1. The van der Waals surface area contributed by atoms with Gasteiger partial charge in [-0.1, -0.05) is 5.18 Å². The maximum Gasteiger partial charge on any atom is 0.189 e. The molecule has 0 aromatic heterocycles. The van der Waals surface area contributed by atoms with Crippen LogP contribution in [0.2, 0.25) is 0 Å². The molecule has 2 saturated heterocycles. The van der Waals surface area contributed by atoms with Crippen LogP contribution in [0.25, 0.3) is 0 Å². The van der Waals surface area contributed by atoms with Gasteiger partial charge in [0.25, 0.3) is 0 Å². The van der Waals surface area contributed by atoms with E-state index in [9.17, 15) is 4.91 Å². The van der Waals surface area contributed by atoms with Gasteiger partial charge < -0.3 is 19.9 Å². The molecular weight excluding hydrogens is 212 g/mol. The highest BCUT2D eigenvalue weighted by Crippen LogP contribution is 2.41. The number of nitrogens with zero attached hydrogens (tertiary/aromatic N) is 1. The molecule has 0 bridgehead atoms. The van der Waals surface area contributed by atoms with Crippen molar-refractivity contribution in [3.8, 4) is 12.0 Å². The van der Waals surface area contributed by atoms with Gasteiger partial charge in [0.15, 0.2) is 17.7 Å². The van der Waals surface area contributed by atoms with E-state index in [2.05, 4.69) is 17.1 Å². The van der Waals surface area contributed by atoms with Crippen molar-refractivity contribution >= 4 is 0 Å². The largest absolute Gasteiger partial charge is 0.359 e. The van der Waals surface area contributed by atoms with Gasteiger partial charge in [-0.05, 0) is 19.8 Å². The minimum atomic E-state index is -0.956. The van der Waals surface area contributed by atoms with E-state index in [1.807, 2.05) is 13.8 Å². The molecule has 16 heavy (non-hydrogen) atoms. The van der Waals surface area contributed by atoms with Crippen molar-refractivity contribution in [2.45, 2.75) is 44.1 Å². The van der Waals surface area contributed by atoms with E-state index in [-0.39, 0.29) is 12.6 Å². The zero-order chi connectivity index (χ0) is 11.8. The summed E-state index contributed by atoms with van der Waals surface area (Å²) in [6, 6.07) is 2.26. The molecule has 6 heteroatoms. The topological polar surface area (TPSA) is 83.1 Å². The van der Waals surface area contributed by atoms with Crippen molar-refractivity contribution in [2.75, 3.05) is 6.54 Å². The second-order valence-corrected chi connectivity index (χ2v) is 4.42. The first-order chi connectivity index (χ1) is 7.50. The molecule has 1 unspecified atom stereocenters. The van der Waals surface area contributed by atoms with Crippen LogP contribution in [-0.2, 0) is 14.2 Å². The summed E-state index contributed by atoms with van der Waals surface area (Å²) in [6.07, 6.45) is -0.285. The van der Waals surface area contributed by atoms with Crippen LogP contribution >= 0.6 is 0 Å². The van der Waals surface area contributed by atoms with E-state index in [0.717, 1.165) is 0 Å². The van der Waals surface area contributed by atoms with Gasteiger partial charge in [0.1, 0.15) is 12.6 Å². The van der Waals surface area contributed by atoms with Crippen LogP contribution in [0.1, 0.15) is 20.3 Å². The molecule has 0 spiro atoms. The number of hydrogen-bond acceptors (Lipinski definition) is 6. The number of nitroso groups, excluding NO2 is 1. The highest BCUT2D eigenvalue weighted by molar-refractivity contribution is 5.18. The van der Waals surface area contributed by atoms with Crippen molar-refractivity contribution < 1.29 is 14.2 Å². The van der Waals surface area contributed by atoms with E-state index < -0.39 is 17.7 Å². The van der Waals surface area contributed by atoms with Crippen molar-refractivity contribution in [1.82, 2.24) is 0 Å². The molecule has 88 valence electrons. The fourth-order valence-electron chi connectivity index (χ4n) is 2.09. The molecule has 0 radical (unpaired) electrons. The first kappa shape index (κ1) is 11.3. The Morgan fingerprint density at radius 2 is 2.19 bits per heavy atom. The van der Waals surface area contributed by atoms with Crippen LogP contribution in [0.4, 0.5) is 0 Å². The fraction of sp³-hybridized carbons (Fsp3) is 0.800. The molecule has 2 aliphatic rings. The Bertz CT molecular complexity index is 342. The number of hydrogen-bond donors (Lipinski definition) is 1. The highest BCUT2D eigenvalue weighted by atomic mass is 16.8. The van der Waals surface area contributed by atoms with E-state index >= 15 is 0 Å². The summed E-state index contributed by atoms with van der Waals surface area (Å²) in [5.74, 6) is 2.01. The number of fused-ring (bicyclic) bond motifs is 1. The maximum atomic E-state index is 10.4. The van der Waals surface area contributed by atoms with Crippen molar-refractivity contribution in [2.24, 2.45) is 10.9 Å². The van der Waals surface area contributed by atoms with Crippen LogP contribution < -0.4 is 5.73 Å². The van der Waals surface area contributed by atoms with Gasteiger partial charge in [0.2, 0.25) is 0 Å². The third-order valence-electron chi connectivity index (χ3n) is 2.63. The van der Waals surface area contributed by atoms with Gasteiger partial charge in [0.05, 0.1) is 0 Å². The summed E-state index contributed by atoms with van der Waals surface area (Å²) in [7, 11) is 0. The van der Waals surface area contributed by atoms with Gasteiger partial charge in [-0.15, -0.1) is 0 Å². The monoisotopic (exact) mass is 226 g/mol. The molecular formula is C10H14N2O4. The van der Waals surface area contributed by atoms with E-state index in [1.165, 1.54) is 0 Å². The summed E-state index contributed by atoms with van der Waals surface area (Å²) in [5.41, 5.74) is 4.20. The lowest BCUT2D eigenvalue weighted by molar-refractivity contribution is -0.213. The van der Waals surface area contributed by atoms with Crippen molar-refractivity contribution in [1.29, 1.82) is 0 Å². The molecule has 0 saturated carbocycles. The average Bonchev–Trinajstić information content (AvgIpc) is 2.55. The molecule has 2 fully saturated rings. The second-order valence-electron chi connectivity index (χ2n) is 4.42. The van der Waals surface area contributed by atoms with Crippen molar-refractivity contribution in [3.63, 3.8) is 0 Å². The Labute approximate surface area is 93.4 Å². The summed E-state index contributed by atoms with van der Waals surface area (Å²) < 4.78 is 16.7. The maximum absolute atomic E-state index is 10.4. The van der Waals surface area contributed by atoms with Crippen LogP contribution in [0.5, 0.6) is 0 Å². The summed E-state index contributed by atoms with van der Waals surface area (Å²) in [6.45, 7) is 3.54. The Hall–Kier alpha value is -1.16. The first-order valence-electron chi connectivity index (χ1n) is 5.06. The average molecular weight is 226 g/mol. The molecule has 2 heterocycles. The van der Waals surface area contributed by atoms with E-state index in [4.69, 9.17) is 19.9 Å². The SMILES string of the molecule is CC1(C)OC2C[C@@](C#CN)(CN=O)O[C@H]2O1. The molecule has 0 amide bonds. The number of rotatable bonds is 2. The van der Waals surface area contributed by atoms with Gasteiger partial charge in [-0.2, -0.15) is 4.91 Å². The zero-order valence-corrected chi connectivity index (χ0v) is 9.23. The van der Waals surface area contributed by atoms with Crippen LogP contribution in [0.3, 0.4) is 0 Å². The second kappa shape index (κ2) is 3.70. The molecule has 0 aliphatic carbocycles. The van der Waals surface area contributed by atoms with Gasteiger partial charge in [0, 0.05) is 12.5 Å². The Kier molecular flexibility index (Phi) is 2.62. The lowest BCUT2D eigenvalue weighted by Gasteiger charge is -2.24. The summed E-state index contributed by atoms with van der Waals surface area (Å²) in [5, 5.41) is 2.83. The molecule has 2 aliphatic heterocycles. The van der Waals surface area contributed by atoms with Gasteiger partial charge in [-0.3, -0.25) is 0 Å². The minimum absolute atomic E-state index is 0.0721. The molecule has 0 aromatic carbocycles. The summed E-state index contributed by atoms with van der Waals surface area (Å²) >= 11 is 0. The van der Waals surface area contributed by atoms with E-state index in [1.54, 1.807) is 0 Å². The Balaban J connectivity index is 2.13. The Morgan fingerprint density at radius 3 is 2.75 bits per heavy atom. The quantitative estimate of drug-likeness (QED) is 0.416. The van der Waals surface area contributed by atoms with Gasteiger partial charge >= 0.3 is 0 Å². The third-order valence-corrected chi connectivity index (χ3v) is 2.63. The molecule has 2 N–H and O–H groups in total. The smallest absolute Gasteiger partial charge is 0.189 e. The standard InChI is InChI=1S/C10H14N2O4/c1-9(2)14-7-5-10(3-4-11,6-12-13)16-8(7)15-9/h7-8H,5-6,11H2,1-2H3/t7?,8-,10+/m1/s1. The normalized spacial score (nSPS) is 39.9. The Morgan fingerprint density at radius 1 is 1.44 bits per heavy atom. The van der Waals surface area contributed by atoms with E-state index in [0.29, 0.717) is 6.42 Å². The predicted molar refractivity (Wildman–Crippen MR) is 54.9 cm³/mol. The molecule has 0 aromatic rings. The van der Waals surface area contributed by atoms with Crippen LogP contribution in [0, 0.1) is 16.9 Å². The first-order valence-corrected chi connectivity index (χ1v) is 5.06. The predicted octanol–water partition coefficient (Wildman–Crippen LogP) is 0.309. The molecule has 2 rings (SSSR count). The van der Waals surface area contributed by atoms with Crippen molar-refractivity contribution in [3.05, 3.63) is 4.91 Å². The van der Waals surface area contributed by atoms with Crippen LogP contribution in [0.15, 0.2) is 5.18 Å². The molecule has 6 nitrogen and oxygen atoms in total. The summed E-state index contributed by atoms with van der Waals surface area (Å²) in [4.78, 5) is 10.4. The fourth-order valence-corrected chi connectivity index (χ4v) is 2.09. The minimum Gasteiger partial charge on any atom is -0.359 e. The van der Waals surface area contributed by atoms with Crippen LogP contribution in [-0.4, -0.2) is 30.3 Å². The lowest BCUT2D eigenvalue weighted by Crippen LogP contribution is -2.34. The van der Waals surface area contributed by atoms with Gasteiger partial charge in [-0.25, -0.2) is 0 Å². The zero-order valence-electron chi connectivity index (χ0n) is 9.23. The third kappa shape index (κ3) is 1.89.